The molecule has 0 radical (unpaired) electrons. The van der Waals surface area contributed by atoms with Gasteiger partial charge in [0.15, 0.2) is 5.13 Å². The average Bonchev–Trinajstić information content (AvgIpc) is 2.72. The van der Waals surface area contributed by atoms with Gasteiger partial charge in [-0.3, -0.25) is 9.00 Å². The molecule has 1 aromatic rings. The van der Waals surface area contributed by atoms with Gasteiger partial charge in [0.05, 0.1) is 0 Å². The van der Waals surface area contributed by atoms with E-state index in [2.05, 4.69) is 10.3 Å². The van der Waals surface area contributed by atoms with Gasteiger partial charge in [0.2, 0.25) is 0 Å². The number of nitrogen functional groups attached to an aromatic ring is 1. The Hall–Kier alpha value is -1.15. The molecule has 1 heterocycles. The van der Waals surface area contributed by atoms with Crippen molar-refractivity contribution in [2.45, 2.75) is 13.8 Å². The number of hydrogen-bond acceptors (Lipinski definition) is 6. The van der Waals surface area contributed by atoms with Crippen molar-refractivity contribution < 1.29 is 9.00 Å². The molecule has 0 saturated heterocycles. The molecule has 3 N–H and O–H groups in total. The fourth-order valence-corrected chi connectivity index (χ4v) is 2.92. The lowest BCUT2D eigenvalue weighted by atomic mass is 10.4. The number of amides is 1. The number of thiazole rings is 1. The van der Waals surface area contributed by atoms with E-state index in [9.17, 15) is 9.00 Å². The van der Waals surface area contributed by atoms with Gasteiger partial charge in [-0.1, -0.05) is 11.3 Å². The molecule has 1 amide bonds. The van der Waals surface area contributed by atoms with Crippen molar-refractivity contribution in [1.29, 1.82) is 0 Å². The van der Waals surface area contributed by atoms with Gasteiger partial charge in [0, 0.05) is 42.4 Å². The Bertz CT molecular complexity index is 458. The summed E-state index contributed by atoms with van der Waals surface area (Å²) in [5, 5.41) is 3.46. The van der Waals surface area contributed by atoms with Crippen LogP contribution in [0.1, 0.15) is 23.5 Å². The maximum atomic E-state index is 11.9. The van der Waals surface area contributed by atoms with Crippen LogP contribution in [0.3, 0.4) is 0 Å². The Kier molecular flexibility index (Phi) is 6.23. The molecule has 1 aromatic heterocycles. The maximum Gasteiger partial charge on any atom is 0.265 e. The fraction of sp³-hybridized carbons (Fsp3) is 0.636. The lowest BCUT2D eigenvalue weighted by Crippen LogP contribution is -2.27. The minimum absolute atomic E-state index is 0.251. The van der Waals surface area contributed by atoms with Gasteiger partial charge in [0.25, 0.3) is 5.91 Å². The molecule has 1 atom stereocenters. The highest BCUT2D eigenvalue weighted by atomic mass is 32.2. The van der Waals surface area contributed by atoms with Crippen LogP contribution in [-0.2, 0) is 10.8 Å². The number of rotatable bonds is 7. The first-order chi connectivity index (χ1) is 8.99. The molecular formula is C11H20N4O2S2. The Balaban J connectivity index is 2.72. The second-order valence-electron chi connectivity index (χ2n) is 3.92. The largest absolute Gasteiger partial charge is 0.382 e. The molecule has 0 aromatic carbocycles. The number of nitrogens with zero attached hydrogens (tertiary/aromatic N) is 2. The lowest BCUT2D eigenvalue weighted by Gasteiger charge is -2.16. The van der Waals surface area contributed by atoms with E-state index < -0.39 is 10.8 Å². The first-order valence-corrected chi connectivity index (χ1v) is 8.63. The molecule has 0 fully saturated rings. The minimum Gasteiger partial charge on any atom is -0.382 e. The molecule has 0 spiro atoms. The molecule has 0 bridgehead atoms. The van der Waals surface area contributed by atoms with Crippen molar-refractivity contribution >= 4 is 39.0 Å². The molecule has 6 nitrogen and oxygen atoms in total. The highest BCUT2D eigenvalue weighted by molar-refractivity contribution is 7.84. The molecule has 1 rings (SSSR count). The standard InChI is InChI=1S/C11H20N4O2S2/c1-4-15(5-2)11-14-9(12)8(18-11)10(16)13-6-7-19(3)17/h4-7,12H2,1-3H3,(H,13,16). The molecule has 0 saturated carbocycles. The van der Waals surface area contributed by atoms with Gasteiger partial charge < -0.3 is 16.0 Å². The predicted molar refractivity (Wildman–Crippen MR) is 81.4 cm³/mol. The zero-order valence-electron chi connectivity index (χ0n) is 11.4. The normalized spacial score (nSPS) is 12.2. The van der Waals surface area contributed by atoms with Crippen LogP contribution >= 0.6 is 11.3 Å². The quantitative estimate of drug-likeness (QED) is 0.773. The first-order valence-electron chi connectivity index (χ1n) is 6.09. The van der Waals surface area contributed by atoms with Crippen LogP contribution < -0.4 is 16.0 Å². The summed E-state index contributed by atoms with van der Waals surface area (Å²) in [6.07, 6.45) is 1.60. The number of aromatic nitrogens is 1. The van der Waals surface area contributed by atoms with E-state index in [1.807, 2.05) is 18.7 Å². The molecule has 0 aliphatic heterocycles. The van der Waals surface area contributed by atoms with Crippen LogP contribution in [0.25, 0.3) is 0 Å². The number of nitrogens with two attached hydrogens (primary N) is 1. The monoisotopic (exact) mass is 304 g/mol. The van der Waals surface area contributed by atoms with E-state index in [1.54, 1.807) is 6.26 Å². The summed E-state index contributed by atoms with van der Waals surface area (Å²) < 4.78 is 10.9. The van der Waals surface area contributed by atoms with Crippen LogP contribution in [0.5, 0.6) is 0 Å². The minimum atomic E-state index is -0.915. The van der Waals surface area contributed by atoms with Gasteiger partial charge in [-0.25, -0.2) is 4.98 Å². The number of carbonyl (C=O) groups excluding carboxylic acids is 1. The van der Waals surface area contributed by atoms with Crippen molar-refractivity contribution in [1.82, 2.24) is 10.3 Å². The van der Waals surface area contributed by atoms with Crippen molar-refractivity contribution in [3.8, 4) is 0 Å². The second-order valence-corrected chi connectivity index (χ2v) is 6.45. The van der Waals surface area contributed by atoms with Crippen LogP contribution in [0.15, 0.2) is 0 Å². The Morgan fingerprint density at radius 3 is 2.63 bits per heavy atom. The maximum absolute atomic E-state index is 11.9. The molecule has 8 heteroatoms. The number of anilines is 2. The highest BCUT2D eigenvalue weighted by Gasteiger charge is 2.18. The summed E-state index contributed by atoms with van der Waals surface area (Å²) in [5.41, 5.74) is 5.77. The Morgan fingerprint density at radius 2 is 2.11 bits per heavy atom. The summed E-state index contributed by atoms with van der Waals surface area (Å²) in [5.74, 6) is 0.439. The molecule has 108 valence electrons. The van der Waals surface area contributed by atoms with Crippen molar-refractivity contribution in [3.63, 3.8) is 0 Å². The second kappa shape index (κ2) is 7.44. The highest BCUT2D eigenvalue weighted by Crippen LogP contribution is 2.27. The summed E-state index contributed by atoms with van der Waals surface area (Å²) in [7, 11) is -0.915. The average molecular weight is 304 g/mol. The smallest absolute Gasteiger partial charge is 0.265 e. The first kappa shape index (κ1) is 15.9. The van der Waals surface area contributed by atoms with E-state index in [4.69, 9.17) is 5.73 Å². The fourth-order valence-electron chi connectivity index (χ4n) is 1.50. The summed E-state index contributed by atoms with van der Waals surface area (Å²) >= 11 is 1.29. The van der Waals surface area contributed by atoms with Crippen LogP contribution in [-0.4, -0.2) is 46.7 Å². The molecule has 19 heavy (non-hydrogen) atoms. The van der Waals surface area contributed by atoms with E-state index in [-0.39, 0.29) is 11.7 Å². The number of hydrogen-bond donors (Lipinski definition) is 2. The molecule has 1 unspecified atom stereocenters. The third-order valence-electron chi connectivity index (χ3n) is 2.56. The van der Waals surface area contributed by atoms with Crippen molar-refractivity contribution in [2.75, 3.05) is 42.3 Å². The Morgan fingerprint density at radius 1 is 1.47 bits per heavy atom. The van der Waals surface area contributed by atoms with Gasteiger partial charge in [-0.2, -0.15) is 0 Å². The lowest BCUT2D eigenvalue weighted by molar-refractivity contribution is 0.0961. The van der Waals surface area contributed by atoms with Crippen LogP contribution in [0.2, 0.25) is 0 Å². The van der Waals surface area contributed by atoms with Crippen molar-refractivity contribution in [3.05, 3.63) is 4.88 Å². The molecule has 0 aliphatic carbocycles. The third-order valence-corrected chi connectivity index (χ3v) is 4.47. The summed E-state index contributed by atoms with van der Waals surface area (Å²) in [4.78, 5) is 18.6. The zero-order valence-corrected chi connectivity index (χ0v) is 13.1. The van der Waals surface area contributed by atoms with Gasteiger partial charge in [0.1, 0.15) is 10.7 Å². The summed E-state index contributed by atoms with van der Waals surface area (Å²) in [6, 6.07) is 0. The van der Waals surface area contributed by atoms with Gasteiger partial charge in [-0.05, 0) is 13.8 Å². The molecular weight excluding hydrogens is 284 g/mol. The Labute approximate surface area is 119 Å². The number of carbonyl (C=O) groups is 1. The van der Waals surface area contributed by atoms with Crippen molar-refractivity contribution in [2.24, 2.45) is 0 Å². The number of nitrogens with one attached hydrogen (secondary N) is 1. The van der Waals surface area contributed by atoms with E-state index >= 15 is 0 Å². The summed E-state index contributed by atoms with van der Waals surface area (Å²) in [6.45, 7) is 6.06. The topological polar surface area (TPSA) is 88.3 Å². The third kappa shape index (κ3) is 4.46. The van der Waals surface area contributed by atoms with E-state index in [1.165, 1.54) is 11.3 Å². The van der Waals surface area contributed by atoms with Crippen LogP contribution in [0.4, 0.5) is 10.9 Å². The zero-order chi connectivity index (χ0) is 14.4. The van der Waals surface area contributed by atoms with Gasteiger partial charge in [-0.15, -0.1) is 0 Å². The van der Waals surface area contributed by atoms with E-state index in [0.29, 0.717) is 17.2 Å². The SMILES string of the molecule is CCN(CC)c1nc(N)c(C(=O)NCCS(C)=O)s1. The predicted octanol–water partition coefficient (Wildman–Crippen LogP) is 0.680. The van der Waals surface area contributed by atoms with Gasteiger partial charge >= 0.3 is 0 Å². The van der Waals surface area contributed by atoms with Crippen LogP contribution in [0, 0.1) is 0 Å². The molecule has 0 aliphatic rings. The van der Waals surface area contributed by atoms with E-state index in [0.717, 1.165) is 18.2 Å².